The number of ketones is 2. The lowest BCUT2D eigenvalue weighted by atomic mass is 10.1. The Labute approximate surface area is 109 Å². The summed E-state index contributed by atoms with van der Waals surface area (Å²) in [6.07, 6.45) is 0.598. The first kappa shape index (κ1) is 14.7. The quantitative estimate of drug-likeness (QED) is 0.517. The zero-order chi connectivity index (χ0) is 14.6. The molecule has 0 aromatic carbocycles. The predicted molar refractivity (Wildman–Crippen MR) is 61.2 cm³/mol. The summed E-state index contributed by atoms with van der Waals surface area (Å²) in [5, 5.41) is 0.379. The van der Waals surface area contributed by atoms with Gasteiger partial charge in [-0.3, -0.25) is 19.2 Å². The van der Waals surface area contributed by atoms with Crippen LogP contribution < -0.4 is 0 Å². The third kappa shape index (κ3) is 4.13. The van der Waals surface area contributed by atoms with E-state index in [2.05, 4.69) is 4.84 Å². The van der Waals surface area contributed by atoms with Crippen LogP contribution in [-0.2, 0) is 28.8 Å². The van der Waals surface area contributed by atoms with Crippen LogP contribution in [0.5, 0.6) is 0 Å². The Morgan fingerprint density at radius 2 is 1.68 bits per heavy atom. The normalized spacial score (nSPS) is 15.7. The van der Waals surface area contributed by atoms with Gasteiger partial charge in [0.25, 0.3) is 11.8 Å². The van der Waals surface area contributed by atoms with Gasteiger partial charge in [0.2, 0.25) is 0 Å². The molecular formula is C12H13NO6. The number of imide groups is 1. The molecule has 0 aromatic rings. The highest BCUT2D eigenvalue weighted by atomic mass is 16.7. The van der Waals surface area contributed by atoms with E-state index in [1.807, 2.05) is 0 Å². The Morgan fingerprint density at radius 1 is 1.16 bits per heavy atom. The highest BCUT2D eigenvalue weighted by Gasteiger charge is 2.32. The molecule has 7 nitrogen and oxygen atoms in total. The van der Waals surface area contributed by atoms with Gasteiger partial charge in [-0.2, -0.15) is 0 Å². The standard InChI is InChI=1S/C12H13NO6/c1-7(14)5-9(8(2)15)6-12(18)19-13-10(16)3-4-11(13)17/h6H,3-5H2,1-2H3/b9-6-. The van der Waals surface area contributed by atoms with Crippen LogP contribution in [0.3, 0.4) is 0 Å². The van der Waals surface area contributed by atoms with Crippen molar-refractivity contribution in [1.29, 1.82) is 0 Å². The topological polar surface area (TPSA) is 97.8 Å². The first-order valence-electron chi connectivity index (χ1n) is 5.60. The first-order chi connectivity index (χ1) is 8.81. The van der Waals surface area contributed by atoms with Gasteiger partial charge in [-0.05, 0) is 13.8 Å². The largest absolute Gasteiger partial charge is 0.357 e. The van der Waals surface area contributed by atoms with E-state index in [1.165, 1.54) is 13.8 Å². The van der Waals surface area contributed by atoms with Gasteiger partial charge >= 0.3 is 5.97 Å². The van der Waals surface area contributed by atoms with Gasteiger partial charge < -0.3 is 4.84 Å². The minimum Gasteiger partial charge on any atom is -0.326 e. The maximum absolute atomic E-state index is 11.5. The molecule has 19 heavy (non-hydrogen) atoms. The maximum atomic E-state index is 11.5. The second kappa shape index (κ2) is 6.03. The van der Waals surface area contributed by atoms with E-state index in [4.69, 9.17) is 0 Å². The molecule has 102 valence electrons. The summed E-state index contributed by atoms with van der Waals surface area (Å²) in [5.41, 5.74) is -0.0309. The minimum absolute atomic E-state index is 0.0111. The Bertz CT molecular complexity index is 474. The summed E-state index contributed by atoms with van der Waals surface area (Å²) in [6.45, 7) is 2.48. The molecule has 0 aromatic heterocycles. The fourth-order valence-electron chi connectivity index (χ4n) is 1.46. The third-order valence-corrected chi connectivity index (χ3v) is 2.37. The van der Waals surface area contributed by atoms with Gasteiger partial charge in [-0.1, -0.05) is 0 Å². The molecule has 7 heteroatoms. The van der Waals surface area contributed by atoms with Gasteiger partial charge in [0.15, 0.2) is 5.78 Å². The monoisotopic (exact) mass is 267 g/mol. The fourth-order valence-corrected chi connectivity index (χ4v) is 1.46. The van der Waals surface area contributed by atoms with Crippen molar-refractivity contribution in [2.75, 3.05) is 0 Å². The minimum atomic E-state index is -1.03. The first-order valence-corrected chi connectivity index (χ1v) is 5.60. The SMILES string of the molecule is CC(=O)C/C(=C/C(=O)ON1C(=O)CCC1=O)C(C)=O. The molecular weight excluding hydrogens is 254 g/mol. The number of nitrogens with zero attached hydrogens (tertiary/aromatic N) is 1. The molecule has 0 atom stereocenters. The molecule has 0 spiro atoms. The number of hydrogen-bond donors (Lipinski definition) is 0. The van der Waals surface area contributed by atoms with Crippen LogP contribution in [0.4, 0.5) is 0 Å². The van der Waals surface area contributed by atoms with Crippen molar-refractivity contribution in [3.8, 4) is 0 Å². The number of Topliss-reactive ketones (excluding diaryl/α,β-unsaturated/α-hetero) is 2. The Balaban J connectivity index is 2.76. The molecule has 0 unspecified atom stereocenters. The molecule has 2 amide bonds. The van der Waals surface area contributed by atoms with E-state index >= 15 is 0 Å². The molecule has 0 radical (unpaired) electrons. The van der Waals surface area contributed by atoms with E-state index in [1.54, 1.807) is 0 Å². The number of hydrogen-bond acceptors (Lipinski definition) is 6. The molecule has 0 saturated carbocycles. The zero-order valence-corrected chi connectivity index (χ0v) is 10.6. The molecule has 1 rings (SSSR count). The van der Waals surface area contributed by atoms with E-state index in [9.17, 15) is 24.0 Å². The Hall–Kier alpha value is -2.31. The lowest BCUT2D eigenvalue weighted by Crippen LogP contribution is -2.31. The Kier molecular flexibility index (Phi) is 4.68. The van der Waals surface area contributed by atoms with Crippen molar-refractivity contribution in [3.05, 3.63) is 11.6 Å². The molecule has 0 N–H and O–H groups in total. The maximum Gasteiger partial charge on any atom is 0.357 e. The summed E-state index contributed by atoms with van der Waals surface area (Å²) in [4.78, 5) is 60.6. The van der Waals surface area contributed by atoms with Crippen molar-refractivity contribution in [2.24, 2.45) is 0 Å². The molecule has 1 aliphatic heterocycles. The zero-order valence-electron chi connectivity index (χ0n) is 10.6. The van der Waals surface area contributed by atoms with Crippen LogP contribution in [0.1, 0.15) is 33.1 Å². The number of rotatable bonds is 5. The predicted octanol–water partition coefficient (Wildman–Crippen LogP) is 0.0881. The van der Waals surface area contributed by atoms with E-state index in [-0.39, 0.29) is 30.6 Å². The van der Waals surface area contributed by atoms with Crippen LogP contribution in [-0.4, -0.2) is 34.4 Å². The fraction of sp³-hybridized carbons (Fsp3) is 0.417. The molecule has 1 saturated heterocycles. The van der Waals surface area contributed by atoms with Crippen LogP contribution in [0, 0.1) is 0 Å². The molecule has 1 aliphatic rings. The van der Waals surface area contributed by atoms with Crippen LogP contribution >= 0.6 is 0 Å². The molecule has 0 bridgehead atoms. The van der Waals surface area contributed by atoms with Crippen LogP contribution in [0.15, 0.2) is 11.6 Å². The molecule has 1 fully saturated rings. The van der Waals surface area contributed by atoms with Crippen molar-refractivity contribution in [1.82, 2.24) is 5.06 Å². The van der Waals surface area contributed by atoms with Crippen LogP contribution in [0.25, 0.3) is 0 Å². The van der Waals surface area contributed by atoms with Gasteiger partial charge in [0, 0.05) is 30.9 Å². The van der Waals surface area contributed by atoms with Gasteiger partial charge in [0.1, 0.15) is 5.78 Å². The lowest BCUT2D eigenvalue weighted by molar-refractivity contribution is -0.193. The summed E-state index contributed by atoms with van der Waals surface area (Å²) in [6, 6.07) is 0. The smallest absolute Gasteiger partial charge is 0.326 e. The Morgan fingerprint density at radius 3 is 2.11 bits per heavy atom. The average molecular weight is 267 g/mol. The van der Waals surface area contributed by atoms with Crippen molar-refractivity contribution in [3.63, 3.8) is 0 Å². The van der Waals surface area contributed by atoms with Crippen molar-refractivity contribution in [2.45, 2.75) is 33.1 Å². The van der Waals surface area contributed by atoms with Crippen molar-refractivity contribution < 1.29 is 28.8 Å². The van der Waals surface area contributed by atoms with E-state index in [0.29, 0.717) is 5.06 Å². The number of carbonyl (C=O) groups excluding carboxylic acids is 5. The number of hydroxylamine groups is 2. The number of amides is 2. The van der Waals surface area contributed by atoms with Gasteiger partial charge in [0.05, 0.1) is 0 Å². The highest BCUT2D eigenvalue weighted by Crippen LogP contribution is 2.13. The lowest BCUT2D eigenvalue weighted by Gasteiger charge is -2.11. The molecule has 0 aliphatic carbocycles. The number of carbonyl (C=O) groups is 5. The summed E-state index contributed by atoms with van der Waals surface area (Å²) >= 11 is 0. The van der Waals surface area contributed by atoms with Crippen LogP contribution in [0.2, 0.25) is 0 Å². The van der Waals surface area contributed by atoms with E-state index < -0.39 is 23.6 Å². The molecule has 1 heterocycles. The number of allylic oxidation sites excluding steroid dienone is 1. The summed E-state index contributed by atoms with van der Waals surface area (Å²) < 4.78 is 0. The highest BCUT2D eigenvalue weighted by molar-refractivity contribution is 6.05. The summed E-state index contributed by atoms with van der Waals surface area (Å²) in [7, 11) is 0. The average Bonchev–Trinajstić information content (AvgIpc) is 2.59. The van der Waals surface area contributed by atoms with Gasteiger partial charge in [-0.25, -0.2) is 4.79 Å². The second-order valence-electron chi connectivity index (χ2n) is 4.10. The van der Waals surface area contributed by atoms with E-state index in [0.717, 1.165) is 6.08 Å². The summed E-state index contributed by atoms with van der Waals surface area (Å²) in [5.74, 6) is -2.99. The second-order valence-corrected chi connectivity index (χ2v) is 4.10. The third-order valence-electron chi connectivity index (χ3n) is 2.37. The van der Waals surface area contributed by atoms with Gasteiger partial charge in [-0.15, -0.1) is 5.06 Å². The van der Waals surface area contributed by atoms with Crippen molar-refractivity contribution >= 4 is 29.4 Å².